The van der Waals surface area contributed by atoms with Crippen molar-refractivity contribution in [3.8, 4) is 0 Å². The third-order valence-electron chi connectivity index (χ3n) is 4.56. The average Bonchev–Trinajstić information content (AvgIpc) is 2.88. The minimum absolute atomic E-state index is 0.131. The summed E-state index contributed by atoms with van der Waals surface area (Å²) in [7, 11) is 0. The molecule has 0 saturated heterocycles. The van der Waals surface area contributed by atoms with Crippen LogP contribution in [0.15, 0.2) is 0 Å². The van der Waals surface area contributed by atoms with Crippen LogP contribution in [-0.2, 0) is 4.79 Å². The van der Waals surface area contributed by atoms with Gasteiger partial charge in [-0.1, -0.05) is 13.8 Å². The highest BCUT2D eigenvalue weighted by Gasteiger charge is 2.49. The van der Waals surface area contributed by atoms with E-state index in [4.69, 9.17) is 5.73 Å². The van der Waals surface area contributed by atoms with Crippen molar-refractivity contribution in [2.45, 2.75) is 52.0 Å². The Bertz CT molecular complexity index is 271. The van der Waals surface area contributed by atoms with E-state index < -0.39 is 0 Å². The van der Waals surface area contributed by atoms with E-state index in [1.54, 1.807) is 0 Å². The summed E-state index contributed by atoms with van der Waals surface area (Å²) in [6.45, 7) is 6.06. The second-order valence-corrected chi connectivity index (χ2v) is 5.76. The van der Waals surface area contributed by atoms with Crippen molar-refractivity contribution in [2.24, 2.45) is 23.5 Å². The molecule has 3 heteroatoms. The molecule has 2 saturated carbocycles. The molecule has 0 aromatic heterocycles. The fourth-order valence-corrected chi connectivity index (χ4v) is 3.79. The molecule has 2 aliphatic carbocycles. The van der Waals surface area contributed by atoms with Crippen molar-refractivity contribution in [1.82, 2.24) is 4.90 Å². The van der Waals surface area contributed by atoms with Crippen LogP contribution in [0.25, 0.3) is 0 Å². The third kappa shape index (κ3) is 2.35. The topological polar surface area (TPSA) is 46.3 Å². The van der Waals surface area contributed by atoms with Crippen LogP contribution in [0.2, 0.25) is 0 Å². The fourth-order valence-electron chi connectivity index (χ4n) is 3.79. The largest absolute Gasteiger partial charge is 0.342 e. The Morgan fingerprint density at radius 2 is 1.76 bits per heavy atom. The first-order valence-electron chi connectivity index (χ1n) is 7.23. The zero-order chi connectivity index (χ0) is 12.4. The highest BCUT2D eigenvalue weighted by molar-refractivity contribution is 5.80. The molecule has 0 aromatic rings. The Kier molecular flexibility index (Phi) is 4.08. The lowest BCUT2D eigenvalue weighted by atomic mass is 9.84. The molecule has 2 bridgehead atoms. The van der Waals surface area contributed by atoms with E-state index in [9.17, 15) is 4.79 Å². The molecule has 4 unspecified atom stereocenters. The second kappa shape index (κ2) is 5.38. The maximum atomic E-state index is 12.6. The Morgan fingerprint density at radius 1 is 1.18 bits per heavy atom. The van der Waals surface area contributed by atoms with Crippen molar-refractivity contribution in [3.63, 3.8) is 0 Å². The van der Waals surface area contributed by atoms with E-state index in [0.717, 1.165) is 25.9 Å². The molecule has 0 heterocycles. The summed E-state index contributed by atoms with van der Waals surface area (Å²) in [6.07, 6.45) is 5.76. The molecule has 0 spiro atoms. The van der Waals surface area contributed by atoms with E-state index >= 15 is 0 Å². The number of amides is 1. The Morgan fingerprint density at radius 3 is 2.24 bits per heavy atom. The molecule has 17 heavy (non-hydrogen) atoms. The van der Waals surface area contributed by atoms with Gasteiger partial charge in [-0.05, 0) is 43.9 Å². The molecular formula is C14H26N2O. The lowest BCUT2D eigenvalue weighted by Crippen LogP contribution is -2.47. The quantitative estimate of drug-likeness (QED) is 0.796. The first-order chi connectivity index (χ1) is 8.19. The smallest absolute Gasteiger partial charge is 0.227 e. The van der Waals surface area contributed by atoms with Crippen LogP contribution in [0.5, 0.6) is 0 Å². The number of carbonyl (C=O) groups is 1. The first-order valence-corrected chi connectivity index (χ1v) is 7.23. The maximum absolute atomic E-state index is 12.6. The van der Waals surface area contributed by atoms with Gasteiger partial charge in [-0.25, -0.2) is 0 Å². The van der Waals surface area contributed by atoms with Crippen LogP contribution < -0.4 is 5.73 Å². The molecule has 1 amide bonds. The summed E-state index contributed by atoms with van der Waals surface area (Å²) in [5, 5.41) is 0. The van der Waals surface area contributed by atoms with Gasteiger partial charge in [-0.3, -0.25) is 4.79 Å². The van der Waals surface area contributed by atoms with Gasteiger partial charge < -0.3 is 10.6 Å². The van der Waals surface area contributed by atoms with Gasteiger partial charge in [-0.2, -0.15) is 0 Å². The van der Waals surface area contributed by atoms with E-state index in [2.05, 4.69) is 13.8 Å². The summed E-state index contributed by atoms with van der Waals surface area (Å²) in [5.41, 5.74) is 6.25. The highest BCUT2D eigenvalue weighted by Crippen LogP contribution is 2.48. The van der Waals surface area contributed by atoms with Gasteiger partial charge in [0.15, 0.2) is 0 Å². The van der Waals surface area contributed by atoms with E-state index in [1.165, 1.54) is 19.3 Å². The maximum Gasteiger partial charge on any atom is 0.227 e. The predicted molar refractivity (Wildman–Crippen MR) is 69.5 cm³/mol. The lowest BCUT2D eigenvalue weighted by Gasteiger charge is -2.32. The Hall–Kier alpha value is -0.570. The van der Waals surface area contributed by atoms with E-state index in [0.29, 0.717) is 17.7 Å². The number of fused-ring (bicyclic) bond motifs is 2. The normalized spacial score (nSPS) is 35.2. The number of hydrogen-bond donors (Lipinski definition) is 1. The van der Waals surface area contributed by atoms with Gasteiger partial charge in [0.05, 0.1) is 5.92 Å². The molecular weight excluding hydrogens is 212 g/mol. The van der Waals surface area contributed by atoms with Gasteiger partial charge in [0.25, 0.3) is 0 Å². The molecule has 2 N–H and O–H groups in total. The van der Waals surface area contributed by atoms with Crippen molar-refractivity contribution in [2.75, 3.05) is 13.1 Å². The first kappa shape index (κ1) is 12.9. The van der Waals surface area contributed by atoms with Crippen LogP contribution >= 0.6 is 0 Å². The predicted octanol–water partition coefficient (Wildman–Crippen LogP) is 2.01. The average molecular weight is 238 g/mol. The van der Waals surface area contributed by atoms with Crippen molar-refractivity contribution in [3.05, 3.63) is 0 Å². The lowest BCUT2D eigenvalue weighted by molar-refractivity contribution is -0.137. The molecule has 0 radical (unpaired) electrons. The summed E-state index contributed by atoms with van der Waals surface area (Å²) in [4.78, 5) is 14.6. The number of nitrogens with two attached hydrogens (primary N) is 1. The van der Waals surface area contributed by atoms with Gasteiger partial charge >= 0.3 is 0 Å². The number of rotatable bonds is 5. The number of nitrogens with zero attached hydrogens (tertiary/aromatic N) is 1. The Balaban J connectivity index is 2.02. The monoisotopic (exact) mass is 238 g/mol. The molecule has 2 rings (SSSR count). The molecule has 2 aliphatic rings. The molecule has 3 nitrogen and oxygen atoms in total. The number of hydrogen-bond acceptors (Lipinski definition) is 2. The van der Waals surface area contributed by atoms with Crippen molar-refractivity contribution in [1.29, 1.82) is 0 Å². The van der Waals surface area contributed by atoms with Gasteiger partial charge in [0, 0.05) is 19.1 Å². The summed E-state index contributed by atoms with van der Waals surface area (Å²) < 4.78 is 0. The second-order valence-electron chi connectivity index (χ2n) is 5.76. The van der Waals surface area contributed by atoms with Crippen molar-refractivity contribution < 1.29 is 4.79 Å². The highest BCUT2D eigenvalue weighted by atomic mass is 16.2. The van der Waals surface area contributed by atoms with Crippen LogP contribution in [0, 0.1) is 17.8 Å². The zero-order valence-electron chi connectivity index (χ0n) is 11.2. The van der Waals surface area contributed by atoms with Gasteiger partial charge in [0.1, 0.15) is 0 Å². The van der Waals surface area contributed by atoms with Crippen LogP contribution in [0.3, 0.4) is 0 Å². The molecule has 98 valence electrons. The standard InChI is InChI=1S/C14H26N2O/c1-3-7-16(8-4-2)14(17)12-10-5-6-11(9-10)13(12)15/h10-13H,3-9,15H2,1-2H3. The van der Waals surface area contributed by atoms with Crippen LogP contribution in [0.4, 0.5) is 0 Å². The van der Waals surface area contributed by atoms with Crippen molar-refractivity contribution >= 4 is 5.91 Å². The summed E-state index contributed by atoms with van der Waals surface area (Å²) >= 11 is 0. The minimum atomic E-state index is 0.131. The summed E-state index contributed by atoms with van der Waals surface area (Å²) in [6, 6.07) is 0.137. The van der Waals surface area contributed by atoms with Gasteiger partial charge in [0.2, 0.25) is 5.91 Å². The van der Waals surface area contributed by atoms with E-state index in [1.807, 2.05) is 4.90 Å². The SMILES string of the molecule is CCCN(CCC)C(=O)C1C2CCC(C2)C1N. The zero-order valence-corrected chi connectivity index (χ0v) is 11.2. The molecule has 2 fully saturated rings. The molecule has 0 aliphatic heterocycles. The van der Waals surface area contributed by atoms with Crippen LogP contribution in [0.1, 0.15) is 46.0 Å². The molecule has 0 aromatic carbocycles. The van der Waals surface area contributed by atoms with Crippen LogP contribution in [-0.4, -0.2) is 29.9 Å². The minimum Gasteiger partial charge on any atom is -0.342 e. The van der Waals surface area contributed by atoms with E-state index in [-0.39, 0.29) is 12.0 Å². The Labute approximate surface area is 105 Å². The summed E-state index contributed by atoms with van der Waals surface area (Å²) in [5.74, 6) is 1.68. The van der Waals surface area contributed by atoms with Gasteiger partial charge in [-0.15, -0.1) is 0 Å². The number of carbonyl (C=O) groups excluding carboxylic acids is 1. The third-order valence-corrected chi connectivity index (χ3v) is 4.56. The fraction of sp³-hybridized carbons (Fsp3) is 0.929. The molecule has 4 atom stereocenters.